The highest BCUT2D eigenvalue weighted by Crippen LogP contribution is 2.25. The van der Waals surface area contributed by atoms with Gasteiger partial charge in [-0.25, -0.2) is 4.39 Å². The predicted molar refractivity (Wildman–Crippen MR) is 60.3 cm³/mol. The van der Waals surface area contributed by atoms with Crippen LogP contribution in [0.3, 0.4) is 0 Å². The molecular weight excluding hydrogens is 261 g/mol. The van der Waals surface area contributed by atoms with E-state index in [1.165, 1.54) is 6.07 Å². The Bertz CT molecular complexity index is 350. The van der Waals surface area contributed by atoms with E-state index in [2.05, 4.69) is 21.2 Å². The van der Waals surface area contributed by atoms with Crippen molar-refractivity contribution in [2.24, 2.45) is 0 Å². The van der Waals surface area contributed by atoms with E-state index in [-0.39, 0.29) is 11.9 Å². The number of benzene rings is 1. The molecule has 0 bridgehead atoms. The Hall–Kier alpha value is -0.450. The highest BCUT2D eigenvalue weighted by atomic mass is 79.9. The molecule has 2 rings (SSSR count). The van der Waals surface area contributed by atoms with Crippen molar-refractivity contribution < 1.29 is 9.13 Å². The molecule has 0 aromatic heterocycles. The molecule has 1 fully saturated rings. The summed E-state index contributed by atoms with van der Waals surface area (Å²) in [5.41, 5.74) is 0.615. The van der Waals surface area contributed by atoms with E-state index in [4.69, 9.17) is 4.74 Å². The molecule has 2 unspecified atom stereocenters. The topological polar surface area (TPSA) is 21.3 Å². The van der Waals surface area contributed by atoms with Gasteiger partial charge >= 0.3 is 0 Å². The zero-order valence-electron chi connectivity index (χ0n) is 8.47. The monoisotopic (exact) mass is 273 g/mol. The van der Waals surface area contributed by atoms with E-state index in [9.17, 15) is 4.39 Å². The fraction of sp³-hybridized carbons (Fsp3) is 0.455. The van der Waals surface area contributed by atoms with Crippen LogP contribution in [-0.4, -0.2) is 19.2 Å². The summed E-state index contributed by atoms with van der Waals surface area (Å²) < 4.78 is 20.0. The van der Waals surface area contributed by atoms with Gasteiger partial charge < -0.3 is 10.1 Å². The third-order valence-electron chi connectivity index (χ3n) is 2.50. The average Bonchev–Trinajstić information content (AvgIpc) is 2.23. The van der Waals surface area contributed by atoms with Crippen molar-refractivity contribution in [2.45, 2.75) is 19.1 Å². The molecule has 4 heteroatoms. The summed E-state index contributed by atoms with van der Waals surface area (Å²) in [5.74, 6) is -0.209. The van der Waals surface area contributed by atoms with Crippen LogP contribution in [-0.2, 0) is 4.74 Å². The molecule has 0 amide bonds. The maximum absolute atomic E-state index is 13.5. The second-order valence-corrected chi connectivity index (χ2v) is 4.71. The zero-order chi connectivity index (χ0) is 10.8. The zero-order valence-corrected chi connectivity index (χ0v) is 10.1. The number of rotatable bonds is 1. The highest BCUT2D eigenvalue weighted by molar-refractivity contribution is 9.10. The molecule has 1 heterocycles. The summed E-state index contributed by atoms with van der Waals surface area (Å²) in [7, 11) is 0. The molecule has 82 valence electrons. The largest absolute Gasteiger partial charge is 0.370 e. The van der Waals surface area contributed by atoms with E-state index < -0.39 is 0 Å². The molecule has 1 aliphatic heterocycles. The summed E-state index contributed by atoms with van der Waals surface area (Å²) in [6.45, 7) is 3.33. The molecule has 1 aliphatic rings. The smallest absolute Gasteiger partial charge is 0.129 e. The van der Waals surface area contributed by atoms with Crippen molar-refractivity contribution in [3.63, 3.8) is 0 Å². The summed E-state index contributed by atoms with van der Waals surface area (Å²) in [5, 5.41) is 3.27. The number of morpholine rings is 1. The van der Waals surface area contributed by atoms with Crippen LogP contribution in [0.15, 0.2) is 22.7 Å². The molecule has 0 saturated carbocycles. The normalized spacial score (nSPS) is 26.6. The van der Waals surface area contributed by atoms with Gasteiger partial charge in [-0.1, -0.05) is 15.9 Å². The van der Waals surface area contributed by atoms with Gasteiger partial charge in [-0.15, -0.1) is 0 Å². The van der Waals surface area contributed by atoms with Gasteiger partial charge in [0, 0.05) is 22.6 Å². The van der Waals surface area contributed by atoms with E-state index in [1.54, 1.807) is 12.1 Å². The maximum atomic E-state index is 13.5. The second kappa shape index (κ2) is 4.60. The Balaban J connectivity index is 2.18. The first-order valence-corrected chi connectivity index (χ1v) is 5.76. The number of nitrogens with one attached hydrogen (secondary N) is 1. The van der Waals surface area contributed by atoms with Gasteiger partial charge in [0.1, 0.15) is 5.82 Å². The Kier molecular flexibility index (Phi) is 3.38. The standard InChI is InChI=1S/C11H13BrFNO/c1-7-6-15-11(5-14-7)9-4-8(12)2-3-10(9)13/h2-4,7,11,14H,5-6H2,1H3. The van der Waals surface area contributed by atoms with Crippen LogP contribution in [0.4, 0.5) is 4.39 Å². The first-order valence-electron chi connectivity index (χ1n) is 4.97. The van der Waals surface area contributed by atoms with Crippen LogP contribution < -0.4 is 5.32 Å². The van der Waals surface area contributed by atoms with E-state index >= 15 is 0 Å². The Morgan fingerprint density at radius 2 is 2.33 bits per heavy atom. The lowest BCUT2D eigenvalue weighted by Crippen LogP contribution is -2.40. The van der Waals surface area contributed by atoms with Crippen LogP contribution in [0.1, 0.15) is 18.6 Å². The summed E-state index contributed by atoms with van der Waals surface area (Å²) >= 11 is 3.33. The minimum Gasteiger partial charge on any atom is -0.370 e. The predicted octanol–water partition coefficient (Wildman–Crippen LogP) is 2.64. The third-order valence-corrected chi connectivity index (χ3v) is 3.00. The third kappa shape index (κ3) is 2.56. The quantitative estimate of drug-likeness (QED) is 0.850. The molecule has 1 aromatic carbocycles. The van der Waals surface area contributed by atoms with Gasteiger partial charge in [0.05, 0.1) is 12.7 Å². The fourth-order valence-corrected chi connectivity index (χ4v) is 2.03. The minimum atomic E-state index is -0.209. The second-order valence-electron chi connectivity index (χ2n) is 3.80. The van der Waals surface area contributed by atoms with Gasteiger partial charge in [0.2, 0.25) is 0 Å². The Labute approximate surface area is 96.9 Å². The molecule has 1 saturated heterocycles. The molecule has 0 radical (unpaired) electrons. The molecular formula is C11H13BrFNO. The lowest BCUT2D eigenvalue weighted by atomic mass is 10.1. The maximum Gasteiger partial charge on any atom is 0.129 e. The first-order chi connectivity index (χ1) is 7.16. The fourth-order valence-electron chi connectivity index (χ4n) is 1.65. The van der Waals surface area contributed by atoms with Gasteiger partial charge in [0.15, 0.2) is 0 Å². The Morgan fingerprint density at radius 1 is 1.53 bits per heavy atom. The lowest BCUT2D eigenvalue weighted by Gasteiger charge is -2.28. The van der Waals surface area contributed by atoms with Crippen molar-refractivity contribution in [1.82, 2.24) is 5.32 Å². The van der Waals surface area contributed by atoms with Crippen molar-refractivity contribution >= 4 is 15.9 Å². The van der Waals surface area contributed by atoms with E-state index in [0.717, 1.165) is 4.47 Å². The number of halogens is 2. The SMILES string of the molecule is CC1COC(c2cc(Br)ccc2F)CN1. The van der Waals surface area contributed by atoms with Crippen molar-refractivity contribution in [3.8, 4) is 0 Å². The summed E-state index contributed by atoms with van der Waals surface area (Å²) in [6, 6.07) is 5.27. The summed E-state index contributed by atoms with van der Waals surface area (Å²) in [4.78, 5) is 0. The average molecular weight is 274 g/mol. The number of ether oxygens (including phenoxy) is 1. The van der Waals surface area contributed by atoms with Crippen molar-refractivity contribution in [1.29, 1.82) is 0 Å². The molecule has 15 heavy (non-hydrogen) atoms. The Morgan fingerprint density at radius 3 is 3.00 bits per heavy atom. The molecule has 2 atom stereocenters. The van der Waals surface area contributed by atoms with E-state index in [0.29, 0.717) is 24.8 Å². The van der Waals surface area contributed by atoms with Crippen LogP contribution in [0.2, 0.25) is 0 Å². The van der Waals surface area contributed by atoms with Crippen LogP contribution in [0, 0.1) is 5.82 Å². The number of hydrogen-bond acceptors (Lipinski definition) is 2. The van der Waals surface area contributed by atoms with Crippen molar-refractivity contribution in [2.75, 3.05) is 13.2 Å². The number of hydrogen-bond donors (Lipinski definition) is 1. The van der Waals surface area contributed by atoms with Gasteiger partial charge in [-0.3, -0.25) is 0 Å². The van der Waals surface area contributed by atoms with Crippen LogP contribution in [0.25, 0.3) is 0 Å². The van der Waals surface area contributed by atoms with Gasteiger partial charge in [-0.05, 0) is 25.1 Å². The highest BCUT2D eigenvalue weighted by Gasteiger charge is 2.22. The molecule has 1 N–H and O–H groups in total. The minimum absolute atomic E-state index is 0.182. The van der Waals surface area contributed by atoms with Gasteiger partial charge in [-0.2, -0.15) is 0 Å². The molecule has 0 spiro atoms. The van der Waals surface area contributed by atoms with Crippen LogP contribution >= 0.6 is 15.9 Å². The molecule has 0 aliphatic carbocycles. The molecule has 1 aromatic rings. The van der Waals surface area contributed by atoms with Gasteiger partial charge in [0.25, 0.3) is 0 Å². The van der Waals surface area contributed by atoms with Crippen LogP contribution in [0.5, 0.6) is 0 Å². The van der Waals surface area contributed by atoms with Crippen molar-refractivity contribution in [3.05, 3.63) is 34.1 Å². The van der Waals surface area contributed by atoms with E-state index in [1.807, 2.05) is 6.92 Å². The lowest BCUT2D eigenvalue weighted by molar-refractivity contribution is 0.00500. The summed E-state index contributed by atoms with van der Waals surface area (Å²) in [6.07, 6.45) is -0.182. The molecule has 2 nitrogen and oxygen atoms in total. The first kappa shape index (κ1) is 11.0.